The van der Waals surface area contributed by atoms with Crippen LogP contribution in [0, 0.1) is 6.92 Å². The monoisotopic (exact) mass is 402 g/mol. The highest BCUT2D eigenvalue weighted by molar-refractivity contribution is 7.80. The first kappa shape index (κ1) is 20.8. The summed E-state index contributed by atoms with van der Waals surface area (Å²) in [6.45, 7) is 2.02. The van der Waals surface area contributed by atoms with E-state index in [0.29, 0.717) is 0 Å². The van der Waals surface area contributed by atoms with Crippen LogP contribution in [0.2, 0.25) is 10.0 Å². The number of rotatable bonds is 0. The predicted molar refractivity (Wildman–Crippen MR) is 98.2 cm³/mol. The molecular weight excluding hydrogens is 392 g/mol. The third-order valence-electron chi connectivity index (χ3n) is 1.79. The summed E-state index contributed by atoms with van der Waals surface area (Å²) in [7, 11) is 14.8. The van der Waals surface area contributed by atoms with Crippen molar-refractivity contribution in [3.8, 4) is 0 Å². The van der Waals surface area contributed by atoms with E-state index in [1.165, 1.54) is 5.56 Å². The average molecular weight is 405 g/mol. The summed E-state index contributed by atoms with van der Waals surface area (Å²) in [5.74, 6) is 0. The molecule has 0 aliphatic rings. The van der Waals surface area contributed by atoms with Crippen LogP contribution in [0.5, 0.6) is 0 Å². The highest BCUT2D eigenvalue weighted by atomic mass is 35.8. The Balaban J connectivity index is 0.000000289. The lowest BCUT2D eigenvalue weighted by molar-refractivity contribution is 1.47. The second kappa shape index (κ2) is 12.3. The van der Waals surface area contributed by atoms with E-state index in [2.05, 4.69) is 12.6 Å². The van der Waals surface area contributed by atoms with Crippen LogP contribution in [-0.4, -0.2) is 11.4 Å². The zero-order valence-electron chi connectivity index (χ0n) is 10.5. The van der Waals surface area contributed by atoms with Crippen LogP contribution in [-0.2, 0) is 0 Å². The van der Waals surface area contributed by atoms with Crippen molar-refractivity contribution in [1.82, 2.24) is 0 Å². The highest BCUT2D eigenvalue weighted by Gasteiger charge is 2.00. The van der Waals surface area contributed by atoms with Gasteiger partial charge in [0.15, 0.2) is 0 Å². The normalized spacial score (nSPS) is 8.75. The molecule has 0 spiro atoms. The number of hydrogen-bond donors (Lipinski definition) is 1. The summed E-state index contributed by atoms with van der Waals surface area (Å²) >= 11 is 13.6. The Morgan fingerprint density at radius 2 is 1.30 bits per heavy atom. The maximum absolute atomic E-state index is 5.64. The zero-order chi connectivity index (χ0) is 15.5. The smallest absolute Gasteiger partial charge is 0.214 e. The zero-order valence-corrected chi connectivity index (χ0v) is 16.4. The largest absolute Gasteiger partial charge is 0.643 e. The molecule has 20 heavy (non-hydrogen) atoms. The quantitative estimate of drug-likeness (QED) is 0.356. The van der Waals surface area contributed by atoms with Gasteiger partial charge in [0.2, 0.25) is 0 Å². The number of aryl methyl sites for hydroxylation is 1. The summed E-state index contributed by atoms with van der Waals surface area (Å²) in [5, 5.41) is 1.54. The molecule has 0 saturated carbocycles. The Bertz CT molecular complexity index is 427. The fourth-order valence-electron chi connectivity index (χ4n) is 1.08. The molecule has 0 atom stereocenters. The molecule has 0 bridgehead atoms. The summed E-state index contributed by atoms with van der Waals surface area (Å²) in [4.78, 5) is 0.900. The molecule has 0 saturated heterocycles. The molecule has 0 aliphatic carbocycles. The van der Waals surface area contributed by atoms with Gasteiger partial charge in [-0.25, -0.2) is 30.1 Å². The van der Waals surface area contributed by atoms with Gasteiger partial charge in [0.05, 0.1) is 0 Å². The summed E-state index contributed by atoms with van der Waals surface area (Å²) in [6.07, 6.45) is 0. The molecule has 7 heteroatoms. The van der Waals surface area contributed by atoms with Crippen molar-refractivity contribution in [2.75, 3.05) is 0 Å². The second-order valence-corrected chi connectivity index (χ2v) is 11.3. The first-order valence-electron chi connectivity index (χ1n) is 5.40. The van der Waals surface area contributed by atoms with Crippen molar-refractivity contribution < 1.29 is 0 Å². The molecule has 2 rings (SSSR count). The van der Waals surface area contributed by atoms with Gasteiger partial charge in [0.25, 0.3) is 0 Å². The molecular formula is C13H12AlCl5S. The van der Waals surface area contributed by atoms with Gasteiger partial charge in [-0.05, 0) is 42.8 Å². The van der Waals surface area contributed by atoms with Crippen LogP contribution in [0.1, 0.15) is 5.56 Å². The van der Waals surface area contributed by atoms with Crippen molar-refractivity contribution in [2.45, 2.75) is 11.8 Å². The lowest BCUT2D eigenvalue weighted by Crippen LogP contribution is -1.66. The summed E-state index contributed by atoms with van der Waals surface area (Å²) in [6, 6.07) is 15.1. The van der Waals surface area contributed by atoms with E-state index in [1.807, 2.05) is 49.4 Å². The third kappa shape index (κ3) is 13.7. The molecule has 2 aromatic carbocycles. The lowest BCUT2D eigenvalue weighted by atomic mass is 10.2. The van der Waals surface area contributed by atoms with Gasteiger partial charge >= 0.3 is 11.4 Å². The van der Waals surface area contributed by atoms with E-state index >= 15 is 0 Å². The van der Waals surface area contributed by atoms with Crippen molar-refractivity contribution >= 4 is 77.4 Å². The summed E-state index contributed by atoms with van der Waals surface area (Å²) in [5.41, 5.74) is 1.21. The molecule has 0 amide bonds. The van der Waals surface area contributed by atoms with E-state index in [9.17, 15) is 0 Å². The number of benzene rings is 2. The van der Waals surface area contributed by atoms with Crippen LogP contribution >= 0.6 is 66.0 Å². The lowest BCUT2D eigenvalue weighted by Gasteiger charge is -1.88. The average Bonchev–Trinajstić information content (AvgIpc) is 2.28. The van der Waals surface area contributed by atoms with Gasteiger partial charge in [-0.15, -0.1) is 12.6 Å². The standard InChI is InChI=1S/C7H7Cl.C6H5ClS.Al.3ClH/c1-6-3-2-4-7(8)5-6;7-5-2-1-3-6(8)4-5;;;;/h2-5H,1H3;1-4,8H;;3*1H/q;;+3;;;/p-3. The Labute approximate surface area is 152 Å². The van der Waals surface area contributed by atoms with E-state index in [4.69, 9.17) is 53.3 Å². The van der Waals surface area contributed by atoms with E-state index in [1.54, 1.807) is 6.07 Å². The van der Waals surface area contributed by atoms with Gasteiger partial charge in [-0.3, -0.25) is 0 Å². The number of halogens is 5. The van der Waals surface area contributed by atoms with Crippen LogP contribution < -0.4 is 0 Å². The van der Waals surface area contributed by atoms with E-state index in [-0.39, 0.29) is 0 Å². The first-order valence-corrected chi connectivity index (χ1v) is 11.8. The molecule has 108 valence electrons. The summed E-state index contributed by atoms with van der Waals surface area (Å²) < 4.78 is 0. The Morgan fingerprint density at radius 3 is 1.55 bits per heavy atom. The predicted octanol–water partition coefficient (Wildman–Crippen LogP) is 6.96. The topological polar surface area (TPSA) is 0 Å². The van der Waals surface area contributed by atoms with E-state index < -0.39 is 11.4 Å². The Kier molecular flexibility index (Phi) is 12.8. The Morgan fingerprint density at radius 1 is 0.850 bits per heavy atom. The van der Waals surface area contributed by atoms with Gasteiger partial charge in [-0.2, -0.15) is 0 Å². The number of thiol groups is 1. The molecule has 0 aromatic heterocycles. The van der Waals surface area contributed by atoms with Crippen molar-refractivity contribution in [1.29, 1.82) is 0 Å². The SMILES string of the molecule is Cc1cccc(Cl)c1.Sc1cccc(Cl)c1.[Cl][Al]([Cl])[Cl]. The molecule has 0 heterocycles. The maximum Gasteiger partial charge on any atom is 0.643 e. The fraction of sp³-hybridized carbons (Fsp3) is 0.0769. The first-order chi connectivity index (χ1) is 9.31. The van der Waals surface area contributed by atoms with Gasteiger partial charge in [0.1, 0.15) is 0 Å². The van der Waals surface area contributed by atoms with Crippen LogP contribution in [0.15, 0.2) is 53.4 Å². The molecule has 0 aliphatic heterocycles. The van der Waals surface area contributed by atoms with Crippen molar-refractivity contribution in [3.05, 3.63) is 64.1 Å². The maximum atomic E-state index is 5.64. The molecule has 0 N–H and O–H groups in total. The van der Waals surface area contributed by atoms with Crippen LogP contribution in [0.4, 0.5) is 0 Å². The second-order valence-electron chi connectivity index (χ2n) is 3.53. The highest BCUT2D eigenvalue weighted by Crippen LogP contribution is 2.12. The van der Waals surface area contributed by atoms with Gasteiger partial charge in [0, 0.05) is 14.9 Å². The van der Waals surface area contributed by atoms with Crippen molar-refractivity contribution in [3.63, 3.8) is 0 Å². The molecule has 0 nitrogen and oxygen atoms in total. The van der Waals surface area contributed by atoms with Crippen LogP contribution in [0.3, 0.4) is 0 Å². The van der Waals surface area contributed by atoms with Crippen molar-refractivity contribution in [2.24, 2.45) is 0 Å². The Hall–Kier alpha value is 0.772. The molecule has 2 aromatic rings. The number of hydrogen-bond acceptors (Lipinski definition) is 1. The van der Waals surface area contributed by atoms with E-state index in [0.717, 1.165) is 14.9 Å². The molecule has 0 fully saturated rings. The third-order valence-corrected chi connectivity index (χ3v) is 2.54. The van der Waals surface area contributed by atoms with Gasteiger partial charge in [-0.1, -0.05) is 41.4 Å². The minimum absolute atomic E-state index is 0.734. The van der Waals surface area contributed by atoms with Gasteiger partial charge < -0.3 is 0 Å². The van der Waals surface area contributed by atoms with Crippen LogP contribution in [0.25, 0.3) is 0 Å². The minimum Gasteiger partial charge on any atom is -0.214 e. The molecule has 0 radical (unpaired) electrons. The molecule has 0 unspecified atom stereocenters. The fourth-order valence-corrected chi connectivity index (χ4v) is 1.82. The minimum atomic E-state index is -1.72.